The Morgan fingerprint density at radius 3 is 2.83 bits per heavy atom. The number of methoxy groups -OCH3 is 1. The van der Waals surface area contributed by atoms with Gasteiger partial charge in [0.15, 0.2) is 5.82 Å². The van der Waals surface area contributed by atoms with Crippen molar-refractivity contribution in [3.8, 4) is 5.88 Å². The number of ether oxygens (including phenoxy) is 1. The van der Waals surface area contributed by atoms with Crippen molar-refractivity contribution in [2.24, 2.45) is 5.92 Å². The molecule has 1 saturated carbocycles. The average Bonchev–Trinajstić information content (AvgIpc) is 2.57. The van der Waals surface area contributed by atoms with Crippen molar-refractivity contribution in [3.63, 3.8) is 0 Å². The summed E-state index contributed by atoms with van der Waals surface area (Å²) in [4.78, 5) is 8.21. The molecule has 1 aromatic heterocycles. The molecule has 2 atom stereocenters. The lowest BCUT2D eigenvalue weighted by molar-refractivity contribution is 0.399. The second kappa shape index (κ2) is 5.89. The molecule has 0 bridgehead atoms. The summed E-state index contributed by atoms with van der Waals surface area (Å²) >= 11 is 0. The van der Waals surface area contributed by atoms with Crippen LogP contribution in [0.25, 0.3) is 0 Å². The van der Waals surface area contributed by atoms with E-state index in [1.165, 1.54) is 38.4 Å². The summed E-state index contributed by atoms with van der Waals surface area (Å²) in [6.07, 6.45) is 7.84. The quantitative estimate of drug-likeness (QED) is 0.806. The molecule has 3 N–H and O–H groups in total. The number of hydrogen-bond acceptors (Lipinski definition) is 5. The molecule has 2 unspecified atom stereocenters. The summed E-state index contributed by atoms with van der Waals surface area (Å²) in [6, 6.07) is 0.439. The Labute approximate surface area is 108 Å². The number of nitrogens with zero attached hydrogens (tertiary/aromatic N) is 2. The number of aromatic nitrogens is 2. The smallest absolute Gasteiger partial charge is 0.242 e. The van der Waals surface area contributed by atoms with E-state index in [0.29, 0.717) is 29.3 Å². The molecule has 0 spiro atoms. The first kappa shape index (κ1) is 12.9. The first-order chi connectivity index (χ1) is 8.72. The monoisotopic (exact) mass is 250 g/mol. The highest BCUT2D eigenvalue weighted by atomic mass is 16.5. The molecular weight excluding hydrogens is 228 g/mol. The third-order valence-electron chi connectivity index (χ3n) is 3.72. The minimum Gasteiger partial charge on any atom is -0.479 e. The molecule has 1 aliphatic carbocycles. The fourth-order valence-electron chi connectivity index (χ4n) is 2.54. The van der Waals surface area contributed by atoms with Crippen LogP contribution in [0.1, 0.15) is 39.0 Å². The lowest BCUT2D eigenvalue weighted by Gasteiger charge is -2.24. The normalized spacial score (nSPS) is 24.3. The Kier molecular flexibility index (Phi) is 4.23. The van der Waals surface area contributed by atoms with Crippen LogP contribution in [-0.4, -0.2) is 23.1 Å². The molecule has 0 aromatic carbocycles. The Balaban J connectivity index is 2.12. The molecule has 100 valence electrons. The van der Waals surface area contributed by atoms with E-state index in [4.69, 9.17) is 10.5 Å². The fraction of sp³-hybridized carbons (Fsp3) is 0.692. The SMILES string of the molecule is COc1ncnc(NC2CCCCCC2C)c1N. The lowest BCUT2D eigenvalue weighted by atomic mass is 9.97. The lowest BCUT2D eigenvalue weighted by Crippen LogP contribution is -2.27. The second-order valence-electron chi connectivity index (χ2n) is 5.01. The number of rotatable bonds is 3. The van der Waals surface area contributed by atoms with Crippen LogP contribution in [0.3, 0.4) is 0 Å². The zero-order valence-electron chi connectivity index (χ0n) is 11.1. The molecule has 0 saturated heterocycles. The Hall–Kier alpha value is -1.52. The number of hydrogen-bond donors (Lipinski definition) is 2. The van der Waals surface area contributed by atoms with Crippen molar-refractivity contribution in [1.29, 1.82) is 0 Å². The number of nitrogen functional groups attached to an aromatic ring is 1. The number of nitrogens with one attached hydrogen (secondary N) is 1. The van der Waals surface area contributed by atoms with Crippen LogP contribution in [0.15, 0.2) is 6.33 Å². The summed E-state index contributed by atoms with van der Waals surface area (Å²) in [7, 11) is 1.57. The molecule has 1 aliphatic rings. The van der Waals surface area contributed by atoms with Gasteiger partial charge in [0.05, 0.1) is 7.11 Å². The number of nitrogens with two attached hydrogens (primary N) is 1. The van der Waals surface area contributed by atoms with Crippen molar-refractivity contribution >= 4 is 11.5 Å². The van der Waals surface area contributed by atoms with Gasteiger partial charge in [0.25, 0.3) is 0 Å². The van der Waals surface area contributed by atoms with Crippen LogP contribution in [0, 0.1) is 5.92 Å². The van der Waals surface area contributed by atoms with Crippen molar-refractivity contribution < 1.29 is 4.74 Å². The first-order valence-electron chi connectivity index (χ1n) is 6.63. The summed E-state index contributed by atoms with van der Waals surface area (Å²) in [6.45, 7) is 2.29. The van der Waals surface area contributed by atoms with Gasteiger partial charge in [-0.25, -0.2) is 4.98 Å². The van der Waals surface area contributed by atoms with E-state index in [1.54, 1.807) is 7.11 Å². The third kappa shape index (κ3) is 2.83. The Bertz CT molecular complexity index is 397. The molecule has 2 rings (SSSR count). The van der Waals surface area contributed by atoms with Crippen molar-refractivity contribution in [2.45, 2.75) is 45.1 Å². The average molecular weight is 250 g/mol. The van der Waals surface area contributed by atoms with E-state index in [1.807, 2.05) is 0 Å². The van der Waals surface area contributed by atoms with Gasteiger partial charge in [0, 0.05) is 6.04 Å². The molecule has 5 heteroatoms. The van der Waals surface area contributed by atoms with Gasteiger partial charge in [-0.1, -0.05) is 26.2 Å². The predicted molar refractivity (Wildman–Crippen MR) is 72.7 cm³/mol. The maximum Gasteiger partial charge on any atom is 0.242 e. The Morgan fingerprint density at radius 1 is 1.28 bits per heavy atom. The number of anilines is 2. The maximum atomic E-state index is 5.98. The maximum absolute atomic E-state index is 5.98. The predicted octanol–water partition coefficient (Wildman–Crippen LogP) is 2.45. The zero-order valence-corrected chi connectivity index (χ0v) is 11.1. The van der Waals surface area contributed by atoms with Crippen LogP contribution in [0.5, 0.6) is 5.88 Å². The molecule has 18 heavy (non-hydrogen) atoms. The van der Waals surface area contributed by atoms with E-state index >= 15 is 0 Å². The van der Waals surface area contributed by atoms with Crippen LogP contribution in [-0.2, 0) is 0 Å². The highest BCUT2D eigenvalue weighted by molar-refractivity contribution is 5.66. The van der Waals surface area contributed by atoms with Gasteiger partial charge >= 0.3 is 0 Å². The topological polar surface area (TPSA) is 73.1 Å². The summed E-state index contributed by atoms with van der Waals surface area (Å²) in [5.41, 5.74) is 6.48. The Morgan fingerprint density at radius 2 is 2.06 bits per heavy atom. The van der Waals surface area contributed by atoms with Gasteiger partial charge in [0.2, 0.25) is 5.88 Å². The van der Waals surface area contributed by atoms with Crippen LogP contribution >= 0.6 is 0 Å². The van der Waals surface area contributed by atoms with E-state index in [2.05, 4.69) is 22.2 Å². The van der Waals surface area contributed by atoms with Crippen molar-refractivity contribution in [1.82, 2.24) is 9.97 Å². The van der Waals surface area contributed by atoms with E-state index in [9.17, 15) is 0 Å². The van der Waals surface area contributed by atoms with Gasteiger partial charge in [-0.05, 0) is 18.8 Å². The molecule has 5 nitrogen and oxygen atoms in total. The zero-order chi connectivity index (χ0) is 13.0. The highest BCUT2D eigenvalue weighted by Crippen LogP contribution is 2.29. The highest BCUT2D eigenvalue weighted by Gasteiger charge is 2.21. The molecule has 0 aliphatic heterocycles. The van der Waals surface area contributed by atoms with E-state index in [0.717, 1.165) is 0 Å². The molecule has 0 radical (unpaired) electrons. The molecule has 1 fully saturated rings. The van der Waals surface area contributed by atoms with Crippen molar-refractivity contribution in [3.05, 3.63) is 6.33 Å². The largest absolute Gasteiger partial charge is 0.479 e. The summed E-state index contributed by atoms with van der Waals surface area (Å²) in [5.74, 6) is 1.78. The molecule has 1 aromatic rings. The van der Waals surface area contributed by atoms with Gasteiger partial charge in [-0.2, -0.15) is 4.98 Å². The molecule has 0 amide bonds. The minimum absolute atomic E-state index is 0.439. The van der Waals surface area contributed by atoms with Crippen LogP contribution in [0.2, 0.25) is 0 Å². The van der Waals surface area contributed by atoms with Crippen LogP contribution in [0.4, 0.5) is 11.5 Å². The van der Waals surface area contributed by atoms with Gasteiger partial charge < -0.3 is 15.8 Å². The van der Waals surface area contributed by atoms with Gasteiger partial charge in [-0.15, -0.1) is 0 Å². The second-order valence-corrected chi connectivity index (χ2v) is 5.01. The fourth-order valence-corrected chi connectivity index (χ4v) is 2.54. The molecule has 1 heterocycles. The standard InChI is InChI=1S/C13H22N4O/c1-9-6-4-3-5-7-10(9)17-12-11(14)13(18-2)16-8-15-12/h8-10H,3-7,14H2,1-2H3,(H,15,16,17). The minimum atomic E-state index is 0.439. The van der Waals surface area contributed by atoms with Crippen molar-refractivity contribution in [2.75, 3.05) is 18.2 Å². The first-order valence-corrected chi connectivity index (χ1v) is 6.63. The summed E-state index contributed by atoms with van der Waals surface area (Å²) < 4.78 is 5.11. The summed E-state index contributed by atoms with van der Waals surface area (Å²) in [5, 5.41) is 3.46. The molecular formula is C13H22N4O. The van der Waals surface area contributed by atoms with Gasteiger partial charge in [-0.3, -0.25) is 0 Å². The van der Waals surface area contributed by atoms with Crippen LogP contribution < -0.4 is 15.8 Å². The van der Waals surface area contributed by atoms with E-state index < -0.39 is 0 Å². The third-order valence-corrected chi connectivity index (χ3v) is 3.72. The van der Waals surface area contributed by atoms with E-state index in [-0.39, 0.29) is 0 Å². The van der Waals surface area contributed by atoms with Gasteiger partial charge in [0.1, 0.15) is 12.0 Å².